The molecule has 5 nitrogen and oxygen atoms in total. The predicted octanol–water partition coefficient (Wildman–Crippen LogP) is 1.55. The molecule has 0 N–H and O–H groups in total. The summed E-state index contributed by atoms with van der Waals surface area (Å²) in [6.45, 7) is 2.07. The van der Waals surface area contributed by atoms with Gasteiger partial charge in [0.2, 0.25) is 5.01 Å². The van der Waals surface area contributed by atoms with Gasteiger partial charge in [-0.3, -0.25) is 0 Å². The maximum atomic E-state index is 11.4. The Morgan fingerprint density at radius 3 is 3.07 bits per heavy atom. The SMILES string of the molecule is CCOC(=O)c1nc2c(S)ncnc2s1. The lowest BCUT2D eigenvalue weighted by Crippen LogP contribution is -2.03. The van der Waals surface area contributed by atoms with Crippen LogP contribution in [-0.2, 0) is 4.74 Å². The van der Waals surface area contributed by atoms with Crippen molar-refractivity contribution >= 4 is 40.3 Å². The minimum absolute atomic E-state index is 0.280. The van der Waals surface area contributed by atoms with Crippen molar-refractivity contribution < 1.29 is 9.53 Å². The Hall–Kier alpha value is -1.21. The van der Waals surface area contributed by atoms with E-state index in [0.717, 1.165) is 0 Å². The molecule has 0 amide bonds. The molecule has 78 valence electrons. The Bertz CT molecular complexity index is 512. The number of esters is 1. The molecule has 0 aliphatic carbocycles. The van der Waals surface area contributed by atoms with Crippen LogP contribution < -0.4 is 0 Å². The van der Waals surface area contributed by atoms with Gasteiger partial charge in [0, 0.05) is 0 Å². The molecule has 0 saturated heterocycles. The molecule has 7 heteroatoms. The van der Waals surface area contributed by atoms with E-state index in [9.17, 15) is 4.79 Å². The van der Waals surface area contributed by atoms with E-state index < -0.39 is 5.97 Å². The van der Waals surface area contributed by atoms with Gasteiger partial charge < -0.3 is 4.74 Å². The molecule has 0 spiro atoms. The van der Waals surface area contributed by atoms with E-state index in [-0.39, 0.29) is 5.01 Å². The highest BCUT2D eigenvalue weighted by Crippen LogP contribution is 2.23. The third-order valence-electron chi connectivity index (χ3n) is 1.63. The average Bonchev–Trinajstić information content (AvgIpc) is 2.63. The van der Waals surface area contributed by atoms with Crippen molar-refractivity contribution in [1.29, 1.82) is 0 Å². The normalized spacial score (nSPS) is 10.5. The Morgan fingerprint density at radius 1 is 1.60 bits per heavy atom. The molecular weight excluding hydrogens is 234 g/mol. The predicted molar refractivity (Wildman–Crippen MR) is 58.4 cm³/mol. The molecule has 2 heterocycles. The van der Waals surface area contributed by atoms with Crippen molar-refractivity contribution in [2.75, 3.05) is 6.61 Å². The third-order valence-corrected chi connectivity index (χ3v) is 2.90. The van der Waals surface area contributed by atoms with Gasteiger partial charge in [-0.1, -0.05) is 11.3 Å². The number of nitrogens with zero attached hydrogens (tertiary/aromatic N) is 3. The quantitative estimate of drug-likeness (QED) is 0.491. The van der Waals surface area contributed by atoms with Crippen LogP contribution >= 0.6 is 24.0 Å². The Labute approximate surface area is 94.9 Å². The van der Waals surface area contributed by atoms with Crippen LogP contribution in [0.3, 0.4) is 0 Å². The number of carbonyl (C=O) groups excluding carboxylic acids is 1. The fraction of sp³-hybridized carbons (Fsp3) is 0.250. The molecule has 0 aliphatic heterocycles. The average molecular weight is 241 g/mol. The molecule has 2 aromatic heterocycles. The summed E-state index contributed by atoms with van der Waals surface area (Å²) in [6, 6.07) is 0. The van der Waals surface area contributed by atoms with Crippen LogP contribution in [0.5, 0.6) is 0 Å². The summed E-state index contributed by atoms with van der Waals surface area (Å²) in [5.41, 5.74) is 0.536. The van der Waals surface area contributed by atoms with Crippen LogP contribution in [0, 0.1) is 0 Å². The minimum Gasteiger partial charge on any atom is -0.461 e. The van der Waals surface area contributed by atoms with Crippen LogP contribution in [0.1, 0.15) is 16.7 Å². The molecule has 15 heavy (non-hydrogen) atoms. The summed E-state index contributed by atoms with van der Waals surface area (Å²) < 4.78 is 4.83. The Kier molecular flexibility index (Phi) is 2.83. The van der Waals surface area contributed by atoms with Gasteiger partial charge >= 0.3 is 5.97 Å². The lowest BCUT2D eigenvalue weighted by atomic mass is 10.6. The van der Waals surface area contributed by atoms with E-state index in [0.29, 0.717) is 22.0 Å². The van der Waals surface area contributed by atoms with Gasteiger partial charge in [-0.2, -0.15) is 0 Å². The van der Waals surface area contributed by atoms with Gasteiger partial charge in [0.05, 0.1) is 6.61 Å². The lowest BCUT2D eigenvalue weighted by Gasteiger charge is -1.94. The molecule has 0 radical (unpaired) electrons. The summed E-state index contributed by atoms with van der Waals surface area (Å²) in [6.07, 6.45) is 1.39. The lowest BCUT2D eigenvalue weighted by molar-refractivity contribution is 0.0526. The first-order chi connectivity index (χ1) is 7.22. The second-order valence-corrected chi connectivity index (χ2v) is 3.99. The monoisotopic (exact) mass is 241 g/mol. The molecule has 2 rings (SSSR count). The number of hydrogen-bond acceptors (Lipinski definition) is 7. The molecule has 0 unspecified atom stereocenters. The molecule has 0 aromatic carbocycles. The number of thiazole rings is 1. The van der Waals surface area contributed by atoms with Gasteiger partial charge in [-0.05, 0) is 6.92 Å². The number of thiol groups is 1. The second-order valence-electron chi connectivity index (χ2n) is 2.59. The highest BCUT2D eigenvalue weighted by atomic mass is 32.1. The standard InChI is InChI=1S/C8H7N3O2S2/c1-2-13-8(12)7-11-4-5(14)9-3-10-6(4)15-7/h3H,2H2,1H3,(H,9,10,14). The number of rotatable bonds is 2. The number of hydrogen-bond donors (Lipinski definition) is 1. The van der Waals surface area contributed by atoms with Gasteiger partial charge in [0.15, 0.2) is 0 Å². The fourth-order valence-corrected chi connectivity index (χ4v) is 2.11. The van der Waals surface area contributed by atoms with E-state index >= 15 is 0 Å². The number of fused-ring (bicyclic) bond motifs is 1. The Morgan fingerprint density at radius 2 is 2.40 bits per heavy atom. The summed E-state index contributed by atoms with van der Waals surface area (Å²) in [5.74, 6) is -0.437. The number of ether oxygens (including phenoxy) is 1. The number of carbonyl (C=O) groups is 1. The first-order valence-corrected chi connectivity index (χ1v) is 5.46. The van der Waals surface area contributed by atoms with Crippen molar-refractivity contribution in [1.82, 2.24) is 15.0 Å². The number of aromatic nitrogens is 3. The zero-order chi connectivity index (χ0) is 10.8. The topological polar surface area (TPSA) is 65.0 Å². The molecular formula is C8H7N3O2S2. The summed E-state index contributed by atoms with van der Waals surface area (Å²) >= 11 is 5.30. The van der Waals surface area contributed by atoms with E-state index in [1.54, 1.807) is 6.92 Å². The van der Waals surface area contributed by atoms with Crippen LogP contribution in [0.4, 0.5) is 0 Å². The molecule has 2 aromatic rings. The van der Waals surface area contributed by atoms with E-state index in [1.807, 2.05) is 0 Å². The first-order valence-electron chi connectivity index (χ1n) is 4.20. The van der Waals surface area contributed by atoms with Gasteiger partial charge in [-0.25, -0.2) is 19.7 Å². The van der Waals surface area contributed by atoms with Crippen molar-refractivity contribution in [2.24, 2.45) is 0 Å². The molecule has 0 atom stereocenters. The second kappa shape index (κ2) is 4.11. The van der Waals surface area contributed by atoms with Crippen LogP contribution in [0.25, 0.3) is 10.3 Å². The highest BCUT2D eigenvalue weighted by molar-refractivity contribution is 7.80. The summed E-state index contributed by atoms with van der Waals surface area (Å²) in [7, 11) is 0. The van der Waals surface area contributed by atoms with Gasteiger partial charge in [0.25, 0.3) is 0 Å². The molecule has 0 saturated carbocycles. The van der Waals surface area contributed by atoms with Crippen LogP contribution in [0.15, 0.2) is 11.4 Å². The largest absolute Gasteiger partial charge is 0.461 e. The fourth-order valence-electron chi connectivity index (χ4n) is 1.02. The van der Waals surface area contributed by atoms with Crippen LogP contribution in [-0.4, -0.2) is 27.5 Å². The van der Waals surface area contributed by atoms with Crippen molar-refractivity contribution in [2.45, 2.75) is 11.9 Å². The maximum Gasteiger partial charge on any atom is 0.367 e. The van der Waals surface area contributed by atoms with E-state index in [4.69, 9.17) is 4.74 Å². The van der Waals surface area contributed by atoms with Crippen molar-refractivity contribution in [3.05, 3.63) is 11.3 Å². The zero-order valence-electron chi connectivity index (χ0n) is 7.80. The van der Waals surface area contributed by atoms with E-state index in [1.165, 1.54) is 17.7 Å². The highest BCUT2D eigenvalue weighted by Gasteiger charge is 2.15. The molecule has 0 bridgehead atoms. The van der Waals surface area contributed by atoms with Gasteiger partial charge in [-0.15, -0.1) is 12.6 Å². The summed E-state index contributed by atoms with van der Waals surface area (Å²) in [4.78, 5) is 24.0. The third kappa shape index (κ3) is 1.93. The zero-order valence-corrected chi connectivity index (χ0v) is 9.51. The first kappa shape index (κ1) is 10.3. The summed E-state index contributed by atoms with van der Waals surface area (Å²) in [5, 5.41) is 0.745. The van der Waals surface area contributed by atoms with E-state index in [2.05, 4.69) is 27.6 Å². The molecule has 0 aliphatic rings. The van der Waals surface area contributed by atoms with Crippen molar-refractivity contribution in [3.63, 3.8) is 0 Å². The Balaban J connectivity index is 2.47. The minimum atomic E-state index is -0.437. The smallest absolute Gasteiger partial charge is 0.367 e. The van der Waals surface area contributed by atoms with Gasteiger partial charge in [0.1, 0.15) is 21.7 Å². The van der Waals surface area contributed by atoms with Crippen LogP contribution in [0.2, 0.25) is 0 Å². The van der Waals surface area contributed by atoms with Crippen molar-refractivity contribution in [3.8, 4) is 0 Å². The maximum absolute atomic E-state index is 11.4. The molecule has 0 fully saturated rings.